The minimum absolute atomic E-state index is 0. The quantitative estimate of drug-likeness (QED) is 0.742. The van der Waals surface area contributed by atoms with Crippen LogP contribution in [0.15, 0.2) is 0 Å². The second-order valence-electron chi connectivity index (χ2n) is 4.64. The molecule has 1 saturated carbocycles. The second kappa shape index (κ2) is 8.33. The normalized spacial score (nSPS) is 28.2. The number of hydrogen-bond acceptors (Lipinski definition) is 2. The summed E-state index contributed by atoms with van der Waals surface area (Å²) in [4.78, 5) is 22.2. The summed E-state index contributed by atoms with van der Waals surface area (Å²) in [5.41, 5.74) is 0. The second-order valence-corrected chi connectivity index (χ2v) is 4.64. The zero-order chi connectivity index (χ0) is 12.1. The Labute approximate surface area is 132 Å². The fourth-order valence-electron chi connectivity index (χ4n) is 2.73. The van der Waals surface area contributed by atoms with Crippen molar-refractivity contribution in [2.45, 2.75) is 45.4 Å². The molecule has 0 spiro atoms. The van der Waals surface area contributed by atoms with Crippen LogP contribution in [0, 0.1) is 17.8 Å². The maximum atomic E-state index is 11.2. The van der Waals surface area contributed by atoms with Crippen LogP contribution in [0.2, 0.25) is 0 Å². The molecule has 4 nitrogen and oxygen atoms in total. The van der Waals surface area contributed by atoms with Gasteiger partial charge in [0, 0.05) is 0 Å². The third-order valence-corrected chi connectivity index (χ3v) is 3.56. The Morgan fingerprint density at radius 3 is 2.29 bits per heavy atom. The average molecular weight is 270 g/mol. The molecule has 2 N–H and O–H groups in total. The van der Waals surface area contributed by atoms with Gasteiger partial charge in [-0.05, 0) is 25.2 Å². The Balaban J connectivity index is 0.00000256. The molecule has 0 aromatic heterocycles. The van der Waals surface area contributed by atoms with E-state index in [1.807, 2.05) is 0 Å². The number of carboxylic acid groups (broad SMARTS) is 2. The van der Waals surface area contributed by atoms with Gasteiger partial charge in [0.2, 0.25) is 0 Å². The summed E-state index contributed by atoms with van der Waals surface area (Å²) < 4.78 is 0. The summed E-state index contributed by atoms with van der Waals surface area (Å²) in [7, 11) is 0. The van der Waals surface area contributed by atoms with Crippen molar-refractivity contribution in [2.24, 2.45) is 17.8 Å². The first-order valence-electron chi connectivity index (χ1n) is 6.03. The Morgan fingerprint density at radius 2 is 1.82 bits per heavy atom. The van der Waals surface area contributed by atoms with E-state index in [0.29, 0.717) is 6.42 Å². The number of hydrogen-bond donors (Lipinski definition) is 2. The first-order chi connectivity index (χ1) is 7.57. The Bertz CT molecular complexity index is 267. The summed E-state index contributed by atoms with van der Waals surface area (Å²) in [5.74, 6) is -3.21. The van der Waals surface area contributed by atoms with E-state index in [9.17, 15) is 9.59 Å². The van der Waals surface area contributed by atoms with Gasteiger partial charge in [0.25, 0.3) is 0 Å². The molecule has 0 bridgehead atoms. The number of rotatable bonds is 5. The van der Waals surface area contributed by atoms with E-state index in [0.717, 1.165) is 32.1 Å². The van der Waals surface area contributed by atoms with Crippen LogP contribution in [-0.2, 0) is 9.59 Å². The molecule has 1 fully saturated rings. The van der Waals surface area contributed by atoms with Crippen molar-refractivity contribution in [2.75, 3.05) is 0 Å². The first-order valence-corrected chi connectivity index (χ1v) is 6.03. The molecule has 0 saturated heterocycles. The predicted molar refractivity (Wildman–Crippen MR) is 67.7 cm³/mol. The monoisotopic (exact) mass is 270 g/mol. The fraction of sp³-hybridized carbons (Fsp3) is 0.833. The Hall–Kier alpha value is 0.200. The van der Waals surface area contributed by atoms with Crippen LogP contribution in [0.3, 0.4) is 0 Å². The molecule has 0 aromatic carbocycles. The van der Waals surface area contributed by atoms with E-state index < -0.39 is 23.8 Å². The molecule has 17 heavy (non-hydrogen) atoms. The van der Waals surface area contributed by atoms with E-state index in [4.69, 9.17) is 10.2 Å². The van der Waals surface area contributed by atoms with E-state index in [-0.39, 0.29) is 43.7 Å². The number of aliphatic carboxylic acids is 2. The van der Waals surface area contributed by atoms with Gasteiger partial charge in [-0.1, -0.05) is 26.2 Å². The fourth-order valence-corrected chi connectivity index (χ4v) is 2.73. The van der Waals surface area contributed by atoms with Crippen LogP contribution < -0.4 is 0 Å². The third kappa shape index (κ3) is 4.76. The molecular weight excluding hydrogens is 248 g/mol. The molecule has 3 atom stereocenters. The molecule has 3 unspecified atom stereocenters. The molecule has 0 radical (unpaired) electrons. The van der Waals surface area contributed by atoms with Gasteiger partial charge < -0.3 is 10.2 Å². The number of unbranched alkanes of at least 4 members (excludes halogenated alkanes) is 1. The zero-order valence-corrected chi connectivity index (χ0v) is 9.69. The Morgan fingerprint density at radius 1 is 1.18 bits per heavy atom. The van der Waals surface area contributed by atoms with E-state index in [2.05, 4.69) is 6.92 Å². The molecule has 96 valence electrons. The van der Waals surface area contributed by atoms with E-state index in [1.165, 1.54) is 0 Å². The predicted octanol–water partition coefficient (Wildman–Crippen LogP) is 1.46. The van der Waals surface area contributed by atoms with Gasteiger partial charge in [0.05, 0.1) is 11.8 Å². The maximum absolute atomic E-state index is 11.2. The van der Waals surface area contributed by atoms with Crippen LogP contribution in [0.4, 0.5) is 0 Å². The molecule has 0 aliphatic heterocycles. The standard InChI is InChI=1S/C12H20O4.Ca.2H/c1-2-3-5-8-6-4-7-9(11(13)14)10(8)12(15)16;;;/h8-10H,2-7H2,1H3,(H,13,14)(H,15,16);;;. The van der Waals surface area contributed by atoms with Crippen LogP contribution in [0.5, 0.6) is 0 Å². The van der Waals surface area contributed by atoms with Gasteiger partial charge in [-0.2, -0.15) is 0 Å². The first kappa shape index (κ1) is 17.2. The van der Waals surface area contributed by atoms with Crippen molar-refractivity contribution in [3.63, 3.8) is 0 Å². The van der Waals surface area contributed by atoms with Gasteiger partial charge in [0.1, 0.15) is 0 Å². The molecule has 1 aliphatic rings. The summed E-state index contributed by atoms with van der Waals surface area (Å²) in [6.45, 7) is 2.06. The topological polar surface area (TPSA) is 74.6 Å². The van der Waals surface area contributed by atoms with Crippen molar-refractivity contribution >= 4 is 49.7 Å². The third-order valence-electron chi connectivity index (χ3n) is 3.56. The Kier molecular flexibility index (Phi) is 8.43. The van der Waals surface area contributed by atoms with Gasteiger partial charge >= 0.3 is 49.7 Å². The van der Waals surface area contributed by atoms with Crippen molar-refractivity contribution in [1.29, 1.82) is 0 Å². The van der Waals surface area contributed by atoms with Crippen LogP contribution in [0.1, 0.15) is 45.4 Å². The van der Waals surface area contributed by atoms with Crippen molar-refractivity contribution in [3.8, 4) is 0 Å². The summed E-state index contributed by atoms with van der Waals surface area (Å²) in [6.07, 6.45) is 5.07. The number of carboxylic acids is 2. The van der Waals surface area contributed by atoms with Crippen LogP contribution >= 0.6 is 0 Å². The molecule has 1 aliphatic carbocycles. The van der Waals surface area contributed by atoms with E-state index in [1.54, 1.807) is 0 Å². The molecule has 1 rings (SSSR count). The summed E-state index contributed by atoms with van der Waals surface area (Å²) in [5, 5.41) is 18.2. The van der Waals surface area contributed by atoms with Gasteiger partial charge in [-0.3, -0.25) is 9.59 Å². The summed E-state index contributed by atoms with van der Waals surface area (Å²) in [6, 6.07) is 0. The molecule has 0 amide bonds. The van der Waals surface area contributed by atoms with Gasteiger partial charge in [-0.25, -0.2) is 0 Å². The molecular formula is C12H22CaO4. The summed E-state index contributed by atoms with van der Waals surface area (Å²) >= 11 is 0. The van der Waals surface area contributed by atoms with Crippen LogP contribution in [-0.4, -0.2) is 59.9 Å². The van der Waals surface area contributed by atoms with Crippen LogP contribution in [0.25, 0.3) is 0 Å². The molecule has 0 heterocycles. The van der Waals surface area contributed by atoms with Gasteiger partial charge in [-0.15, -0.1) is 0 Å². The van der Waals surface area contributed by atoms with Gasteiger partial charge in [0.15, 0.2) is 0 Å². The van der Waals surface area contributed by atoms with E-state index >= 15 is 0 Å². The number of carbonyl (C=O) groups is 2. The molecule has 0 aromatic rings. The zero-order valence-electron chi connectivity index (χ0n) is 9.69. The average Bonchev–Trinajstić information content (AvgIpc) is 2.25. The van der Waals surface area contributed by atoms with Crippen molar-refractivity contribution < 1.29 is 19.8 Å². The van der Waals surface area contributed by atoms with Crippen molar-refractivity contribution in [1.82, 2.24) is 0 Å². The van der Waals surface area contributed by atoms with Crippen molar-refractivity contribution in [3.05, 3.63) is 0 Å². The molecule has 5 heteroatoms. The SMILES string of the molecule is CCCCC1CCCC(C(=O)O)C1C(=O)O.[CaH2]. The minimum atomic E-state index is -0.950.